The van der Waals surface area contributed by atoms with Gasteiger partial charge in [0.05, 0.1) is 27.3 Å². The summed E-state index contributed by atoms with van der Waals surface area (Å²) in [5, 5.41) is 1.62. The number of thioether (sulfide) groups is 1. The van der Waals surface area contributed by atoms with E-state index < -0.39 is 9.84 Å². The molecule has 0 bridgehead atoms. The van der Waals surface area contributed by atoms with E-state index in [1.54, 1.807) is 11.9 Å². The van der Waals surface area contributed by atoms with E-state index in [0.717, 1.165) is 27.1 Å². The van der Waals surface area contributed by atoms with Gasteiger partial charge in [0.1, 0.15) is 0 Å². The van der Waals surface area contributed by atoms with Crippen LogP contribution in [0.1, 0.15) is 24.5 Å². The fraction of sp³-hybridized carbons (Fsp3) is 0.474. The van der Waals surface area contributed by atoms with E-state index in [2.05, 4.69) is 13.0 Å². The maximum atomic E-state index is 12.7. The molecular formula is C19H24N2O3S2. The van der Waals surface area contributed by atoms with Gasteiger partial charge < -0.3 is 4.90 Å². The van der Waals surface area contributed by atoms with Crippen LogP contribution in [-0.2, 0) is 14.6 Å². The molecule has 0 aliphatic carbocycles. The highest BCUT2D eigenvalue weighted by atomic mass is 32.2. The number of rotatable bonds is 4. The van der Waals surface area contributed by atoms with Crippen molar-refractivity contribution in [1.82, 2.24) is 9.88 Å². The van der Waals surface area contributed by atoms with Crippen molar-refractivity contribution in [3.05, 3.63) is 35.4 Å². The summed E-state index contributed by atoms with van der Waals surface area (Å²) >= 11 is 1.42. The summed E-state index contributed by atoms with van der Waals surface area (Å²) in [7, 11) is -1.30. The minimum absolute atomic E-state index is 0.0542. The van der Waals surface area contributed by atoms with Gasteiger partial charge in [-0.1, -0.05) is 30.0 Å². The molecule has 3 rings (SSSR count). The van der Waals surface area contributed by atoms with Crippen LogP contribution < -0.4 is 0 Å². The van der Waals surface area contributed by atoms with Crippen molar-refractivity contribution in [2.75, 3.05) is 18.6 Å². The number of carbonyl (C=O) groups excluding carboxylic acids is 1. The van der Waals surface area contributed by atoms with Crippen molar-refractivity contribution >= 4 is 38.4 Å². The number of pyridine rings is 1. The summed E-state index contributed by atoms with van der Waals surface area (Å²) in [6, 6.07) is 7.91. The normalized spacial score (nSPS) is 20.2. The first-order valence-corrected chi connectivity index (χ1v) is 11.4. The van der Waals surface area contributed by atoms with Crippen LogP contribution in [0.2, 0.25) is 0 Å². The Kier molecular flexibility index (Phi) is 5.30. The predicted molar refractivity (Wildman–Crippen MR) is 106 cm³/mol. The van der Waals surface area contributed by atoms with E-state index in [-0.39, 0.29) is 28.7 Å². The van der Waals surface area contributed by atoms with Crippen molar-refractivity contribution < 1.29 is 13.2 Å². The maximum Gasteiger partial charge on any atom is 0.235 e. The second kappa shape index (κ2) is 7.19. The Morgan fingerprint density at radius 2 is 2.04 bits per heavy atom. The molecule has 0 unspecified atom stereocenters. The number of aromatic nitrogens is 1. The highest BCUT2D eigenvalue weighted by Crippen LogP contribution is 2.29. The second-order valence-corrected chi connectivity index (χ2v) is 10.6. The molecule has 1 aliphatic rings. The second-order valence-electron chi connectivity index (χ2n) is 7.01. The number of hydrogen-bond donors (Lipinski definition) is 0. The summed E-state index contributed by atoms with van der Waals surface area (Å²) < 4.78 is 23.3. The summed E-state index contributed by atoms with van der Waals surface area (Å²) in [6.07, 6.45) is 0.522. The fourth-order valence-electron chi connectivity index (χ4n) is 3.37. The number of carbonyl (C=O) groups is 1. The molecule has 2 aromatic rings. The Hall–Kier alpha value is -1.60. The van der Waals surface area contributed by atoms with E-state index in [9.17, 15) is 13.2 Å². The number of aryl methyl sites for hydroxylation is 2. The SMILES string of the molecule is Cc1cc(S[C@H](C)C(=O)N(C)[C@@H]2CCS(=O)(=O)C2)nc2c(C)cccc12. The van der Waals surface area contributed by atoms with Gasteiger partial charge in [0, 0.05) is 18.5 Å². The van der Waals surface area contributed by atoms with Gasteiger partial charge in [0.2, 0.25) is 5.91 Å². The van der Waals surface area contributed by atoms with Gasteiger partial charge in [-0.2, -0.15) is 0 Å². The van der Waals surface area contributed by atoms with Crippen LogP contribution in [0.15, 0.2) is 29.3 Å². The highest BCUT2D eigenvalue weighted by molar-refractivity contribution is 8.00. The molecule has 2 atom stereocenters. The van der Waals surface area contributed by atoms with Crippen molar-refractivity contribution in [1.29, 1.82) is 0 Å². The van der Waals surface area contributed by atoms with Crippen LogP contribution in [0.25, 0.3) is 10.9 Å². The van der Waals surface area contributed by atoms with E-state index >= 15 is 0 Å². The quantitative estimate of drug-likeness (QED) is 0.749. The Morgan fingerprint density at radius 3 is 2.69 bits per heavy atom. The third kappa shape index (κ3) is 3.88. The molecule has 7 heteroatoms. The van der Waals surface area contributed by atoms with Crippen LogP contribution >= 0.6 is 11.8 Å². The van der Waals surface area contributed by atoms with E-state index in [1.165, 1.54) is 11.8 Å². The van der Waals surface area contributed by atoms with Crippen LogP contribution in [0.4, 0.5) is 0 Å². The number of benzene rings is 1. The first-order chi connectivity index (χ1) is 12.2. The van der Waals surface area contributed by atoms with E-state index in [4.69, 9.17) is 4.98 Å². The first-order valence-electron chi connectivity index (χ1n) is 8.68. The molecule has 0 spiro atoms. The smallest absolute Gasteiger partial charge is 0.235 e. The minimum Gasteiger partial charge on any atom is -0.341 e. The third-order valence-corrected chi connectivity index (χ3v) is 7.73. The molecule has 1 amide bonds. The third-order valence-electron chi connectivity index (χ3n) is 4.97. The van der Waals surface area contributed by atoms with Gasteiger partial charge in [-0.25, -0.2) is 13.4 Å². The summed E-state index contributed by atoms with van der Waals surface area (Å²) in [6.45, 7) is 5.94. The standard InChI is InChI=1S/C19H24N2O3S2/c1-12-6-5-7-16-13(2)10-17(20-18(12)16)25-14(3)19(22)21(4)15-8-9-26(23,24)11-15/h5-7,10,14-15H,8-9,11H2,1-4H3/t14-,15-/m1/s1. The van der Waals surface area contributed by atoms with Gasteiger partial charge in [-0.05, 0) is 44.4 Å². The lowest BCUT2D eigenvalue weighted by atomic mass is 10.1. The zero-order chi connectivity index (χ0) is 19.1. The van der Waals surface area contributed by atoms with Crippen LogP contribution in [-0.4, -0.2) is 54.1 Å². The molecule has 0 N–H and O–H groups in total. The lowest BCUT2D eigenvalue weighted by Crippen LogP contribution is -2.41. The summed E-state index contributed by atoms with van der Waals surface area (Å²) in [4.78, 5) is 19.1. The average Bonchev–Trinajstić information content (AvgIpc) is 2.94. The van der Waals surface area contributed by atoms with Crippen LogP contribution in [0, 0.1) is 13.8 Å². The van der Waals surface area contributed by atoms with Gasteiger partial charge in [0.15, 0.2) is 9.84 Å². The van der Waals surface area contributed by atoms with E-state index in [0.29, 0.717) is 6.42 Å². The molecule has 2 heterocycles. The Morgan fingerprint density at radius 1 is 1.31 bits per heavy atom. The molecule has 1 saturated heterocycles. The molecule has 1 aromatic heterocycles. The molecule has 1 aliphatic heterocycles. The van der Waals surface area contributed by atoms with Gasteiger partial charge in [-0.15, -0.1) is 0 Å². The summed E-state index contributed by atoms with van der Waals surface area (Å²) in [5.41, 5.74) is 3.21. The molecular weight excluding hydrogens is 368 g/mol. The number of para-hydroxylation sites is 1. The zero-order valence-corrected chi connectivity index (χ0v) is 17.2. The van der Waals surface area contributed by atoms with Gasteiger partial charge in [0.25, 0.3) is 0 Å². The fourth-order valence-corrected chi connectivity index (χ4v) is 6.16. The monoisotopic (exact) mass is 392 g/mol. The molecule has 26 heavy (non-hydrogen) atoms. The molecule has 0 radical (unpaired) electrons. The Bertz CT molecular complexity index is 957. The predicted octanol–water partition coefficient (Wildman–Crippen LogP) is 2.98. The summed E-state index contributed by atoms with van der Waals surface area (Å²) in [5.74, 6) is 0.183. The van der Waals surface area contributed by atoms with Gasteiger partial charge in [-0.3, -0.25) is 4.79 Å². The first kappa shape index (κ1) is 19.2. The lowest BCUT2D eigenvalue weighted by Gasteiger charge is -2.26. The lowest BCUT2D eigenvalue weighted by molar-refractivity contribution is -0.130. The van der Waals surface area contributed by atoms with Crippen LogP contribution in [0.3, 0.4) is 0 Å². The topological polar surface area (TPSA) is 67.3 Å². The largest absolute Gasteiger partial charge is 0.341 e. The van der Waals surface area contributed by atoms with Crippen LogP contribution in [0.5, 0.6) is 0 Å². The molecule has 0 saturated carbocycles. The average molecular weight is 393 g/mol. The molecule has 1 fully saturated rings. The van der Waals surface area contributed by atoms with E-state index in [1.807, 2.05) is 32.0 Å². The minimum atomic E-state index is -3.01. The molecule has 5 nitrogen and oxygen atoms in total. The Balaban J connectivity index is 1.77. The van der Waals surface area contributed by atoms with Crippen molar-refractivity contribution in [2.24, 2.45) is 0 Å². The highest BCUT2D eigenvalue weighted by Gasteiger charge is 2.34. The number of nitrogens with zero attached hydrogens (tertiary/aromatic N) is 2. The number of amides is 1. The number of sulfone groups is 1. The number of fused-ring (bicyclic) bond motifs is 1. The van der Waals surface area contributed by atoms with Crippen molar-refractivity contribution in [3.63, 3.8) is 0 Å². The molecule has 140 valence electrons. The Labute approximate surface area is 159 Å². The number of hydrogen-bond acceptors (Lipinski definition) is 5. The molecule has 1 aromatic carbocycles. The maximum absolute atomic E-state index is 12.7. The van der Waals surface area contributed by atoms with Crippen molar-refractivity contribution in [2.45, 2.75) is 43.5 Å². The zero-order valence-electron chi connectivity index (χ0n) is 15.5. The van der Waals surface area contributed by atoms with Crippen molar-refractivity contribution in [3.8, 4) is 0 Å². The van der Waals surface area contributed by atoms with Gasteiger partial charge >= 0.3 is 0 Å².